The van der Waals surface area contributed by atoms with E-state index in [2.05, 4.69) is 10.6 Å². The average Bonchev–Trinajstić information content (AvgIpc) is 2.88. The number of hydrogen-bond acceptors (Lipinski definition) is 3. The van der Waals surface area contributed by atoms with Gasteiger partial charge in [0.1, 0.15) is 0 Å². The first-order chi connectivity index (χ1) is 11.1. The lowest BCUT2D eigenvalue weighted by Crippen LogP contribution is -2.42. The van der Waals surface area contributed by atoms with Crippen molar-refractivity contribution < 1.29 is 9.59 Å². The molecule has 0 aliphatic heterocycles. The van der Waals surface area contributed by atoms with Gasteiger partial charge in [0.05, 0.1) is 0 Å². The zero-order valence-corrected chi connectivity index (χ0v) is 14.3. The molecule has 3 aliphatic rings. The first-order valence-electron chi connectivity index (χ1n) is 9.43. The molecule has 0 aromatic carbocycles. The first kappa shape index (κ1) is 16.5. The molecule has 4 heteroatoms. The molecule has 4 nitrogen and oxygen atoms in total. The van der Waals surface area contributed by atoms with E-state index in [9.17, 15) is 9.59 Å². The van der Waals surface area contributed by atoms with Gasteiger partial charge in [-0.15, -0.1) is 0 Å². The standard InChI is InChI=1S/C19H30N2O2/c1-13-17(11-12-18(13)22)20-16-9-7-14(8-10-16)19(23)21-15-5-3-2-4-6-15/h14-16,20H,2-12H2,1H3,(H,21,23)/t14-,16+. The largest absolute Gasteiger partial charge is 0.385 e. The third kappa shape index (κ3) is 4.15. The Morgan fingerprint density at radius 3 is 2.22 bits per heavy atom. The second-order valence-electron chi connectivity index (χ2n) is 7.56. The van der Waals surface area contributed by atoms with Crippen molar-refractivity contribution in [2.75, 3.05) is 0 Å². The summed E-state index contributed by atoms with van der Waals surface area (Å²) in [5.41, 5.74) is 2.06. The minimum Gasteiger partial charge on any atom is -0.385 e. The maximum atomic E-state index is 12.4. The smallest absolute Gasteiger partial charge is 0.223 e. The molecule has 0 bridgehead atoms. The van der Waals surface area contributed by atoms with E-state index in [0.29, 0.717) is 18.5 Å². The van der Waals surface area contributed by atoms with E-state index in [1.165, 1.54) is 19.3 Å². The van der Waals surface area contributed by atoms with Crippen LogP contribution < -0.4 is 10.6 Å². The van der Waals surface area contributed by atoms with Crippen LogP contribution >= 0.6 is 0 Å². The molecule has 0 saturated heterocycles. The summed E-state index contributed by atoms with van der Waals surface area (Å²) >= 11 is 0. The van der Waals surface area contributed by atoms with Gasteiger partial charge in [0.25, 0.3) is 0 Å². The van der Waals surface area contributed by atoms with Crippen molar-refractivity contribution in [2.24, 2.45) is 5.92 Å². The fraction of sp³-hybridized carbons (Fsp3) is 0.789. The van der Waals surface area contributed by atoms with Crippen molar-refractivity contribution in [3.63, 3.8) is 0 Å². The summed E-state index contributed by atoms with van der Waals surface area (Å²) in [5, 5.41) is 6.84. The van der Waals surface area contributed by atoms with Crippen LogP contribution in [0.3, 0.4) is 0 Å². The highest BCUT2D eigenvalue weighted by atomic mass is 16.2. The molecule has 2 fully saturated rings. The van der Waals surface area contributed by atoms with E-state index in [-0.39, 0.29) is 17.6 Å². The molecule has 0 spiro atoms. The number of Topliss-reactive ketones (excluding diaryl/α,β-unsaturated/α-hetero) is 1. The van der Waals surface area contributed by atoms with Crippen LogP contribution in [0, 0.1) is 5.92 Å². The minimum atomic E-state index is 0.190. The molecule has 0 unspecified atom stereocenters. The number of rotatable bonds is 4. The van der Waals surface area contributed by atoms with Gasteiger partial charge in [-0.2, -0.15) is 0 Å². The first-order valence-corrected chi connectivity index (χ1v) is 9.43. The van der Waals surface area contributed by atoms with Gasteiger partial charge in [-0.05, 0) is 51.9 Å². The molecule has 2 saturated carbocycles. The van der Waals surface area contributed by atoms with E-state index in [1.807, 2.05) is 6.92 Å². The Labute approximate surface area is 139 Å². The predicted molar refractivity (Wildman–Crippen MR) is 90.8 cm³/mol. The van der Waals surface area contributed by atoms with Gasteiger partial charge >= 0.3 is 0 Å². The summed E-state index contributed by atoms with van der Waals surface area (Å²) in [6, 6.07) is 0.856. The Balaban J connectivity index is 1.43. The van der Waals surface area contributed by atoms with Crippen molar-refractivity contribution >= 4 is 11.7 Å². The molecule has 0 aromatic heterocycles. The Bertz CT molecular complexity index is 484. The highest BCUT2D eigenvalue weighted by Gasteiger charge is 2.29. The summed E-state index contributed by atoms with van der Waals surface area (Å²) in [5.74, 6) is 0.755. The third-order valence-electron chi connectivity index (χ3n) is 5.90. The lowest BCUT2D eigenvalue weighted by atomic mass is 9.84. The van der Waals surface area contributed by atoms with Gasteiger partial charge in [0.2, 0.25) is 5.91 Å². The number of allylic oxidation sites excluding steroid dienone is 2. The quantitative estimate of drug-likeness (QED) is 0.837. The maximum absolute atomic E-state index is 12.4. The lowest BCUT2D eigenvalue weighted by molar-refractivity contribution is -0.127. The zero-order chi connectivity index (χ0) is 16.2. The Kier molecular flexibility index (Phi) is 5.39. The van der Waals surface area contributed by atoms with Gasteiger partial charge in [0.15, 0.2) is 5.78 Å². The van der Waals surface area contributed by atoms with E-state index in [0.717, 1.165) is 56.2 Å². The average molecular weight is 318 g/mol. The van der Waals surface area contributed by atoms with E-state index in [4.69, 9.17) is 0 Å². The number of carbonyl (C=O) groups is 2. The lowest BCUT2D eigenvalue weighted by Gasteiger charge is -2.31. The number of amides is 1. The molecule has 3 rings (SSSR count). The summed E-state index contributed by atoms with van der Waals surface area (Å²) < 4.78 is 0. The van der Waals surface area contributed by atoms with Crippen LogP contribution in [0.1, 0.15) is 77.6 Å². The molecule has 128 valence electrons. The van der Waals surface area contributed by atoms with Crippen molar-refractivity contribution in [1.82, 2.24) is 10.6 Å². The summed E-state index contributed by atoms with van der Waals surface area (Å²) in [4.78, 5) is 24.0. The molecule has 3 aliphatic carbocycles. The van der Waals surface area contributed by atoms with Crippen LogP contribution in [0.15, 0.2) is 11.3 Å². The van der Waals surface area contributed by atoms with Gasteiger partial charge in [-0.1, -0.05) is 19.3 Å². The topological polar surface area (TPSA) is 58.2 Å². The number of nitrogens with one attached hydrogen (secondary N) is 2. The second kappa shape index (κ2) is 7.50. The molecular weight excluding hydrogens is 288 g/mol. The van der Waals surface area contributed by atoms with Crippen molar-refractivity contribution in [3.8, 4) is 0 Å². The second-order valence-corrected chi connectivity index (χ2v) is 7.56. The summed E-state index contributed by atoms with van der Waals surface area (Å²) in [6.45, 7) is 1.93. The number of carbonyl (C=O) groups excluding carboxylic acids is 2. The van der Waals surface area contributed by atoms with Crippen LogP contribution in [0.5, 0.6) is 0 Å². The number of ketones is 1. The normalized spacial score (nSPS) is 29.7. The predicted octanol–water partition coefficient (Wildman–Crippen LogP) is 3.22. The van der Waals surface area contributed by atoms with Gasteiger partial charge in [-0.25, -0.2) is 0 Å². The third-order valence-corrected chi connectivity index (χ3v) is 5.90. The Morgan fingerprint density at radius 1 is 0.913 bits per heavy atom. The molecule has 23 heavy (non-hydrogen) atoms. The number of hydrogen-bond donors (Lipinski definition) is 2. The maximum Gasteiger partial charge on any atom is 0.223 e. The highest BCUT2D eigenvalue weighted by molar-refractivity contribution is 5.97. The van der Waals surface area contributed by atoms with Gasteiger partial charge in [0, 0.05) is 35.7 Å². The molecule has 0 heterocycles. The summed E-state index contributed by atoms with van der Waals surface area (Å²) in [6.07, 6.45) is 11.7. The van der Waals surface area contributed by atoms with Crippen LogP contribution in [0.25, 0.3) is 0 Å². The van der Waals surface area contributed by atoms with Crippen molar-refractivity contribution in [1.29, 1.82) is 0 Å². The van der Waals surface area contributed by atoms with E-state index >= 15 is 0 Å². The molecule has 0 radical (unpaired) electrons. The highest BCUT2D eigenvalue weighted by Crippen LogP contribution is 2.28. The summed E-state index contributed by atoms with van der Waals surface area (Å²) in [7, 11) is 0. The molecule has 1 amide bonds. The SMILES string of the molecule is CC1=C(N[C@H]2CC[C@@H](C(=O)NC3CCCCC3)CC2)CCC1=O. The van der Waals surface area contributed by atoms with Crippen LogP contribution in [-0.2, 0) is 9.59 Å². The molecular formula is C19H30N2O2. The van der Waals surface area contributed by atoms with Crippen LogP contribution in [0.4, 0.5) is 0 Å². The monoisotopic (exact) mass is 318 g/mol. The van der Waals surface area contributed by atoms with Crippen molar-refractivity contribution in [3.05, 3.63) is 11.3 Å². The van der Waals surface area contributed by atoms with E-state index < -0.39 is 0 Å². The fourth-order valence-electron chi connectivity index (χ4n) is 4.27. The van der Waals surface area contributed by atoms with Gasteiger partial charge in [-0.3, -0.25) is 9.59 Å². The minimum absolute atomic E-state index is 0.190. The molecule has 0 atom stereocenters. The Hall–Kier alpha value is -1.32. The van der Waals surface area contributed by atoms with E-state index in [1.54, 1.807) is 0 Å². The van der Waals surface area contributed by atoms with Crippen molar-refractivity contribution in [2.45, 2.75) is 89.6 Å². The molecule has 2 N–H and O–H groups in total. The fourth-order valence-corrected chi connectivity index (χ4v) is 4.27. The van der Waals surface area contributed by atoms with Crippen LogP contribution in [0.2, 0.25) is 0 Å². The van der Waals surface area contributed by atoms with Gasteiger partial charge < -0.3 is 10.6 Å². The van der Waals surface area contributed by atoms with Crippen LogP contribution in [-0.4, -0.2) is 23.8 Å². The Morgan fingerprint density at radius 2 is 1.61 bits per heavy atom. The molecule has 0 aromatic rings. The zero-order valence-electron chi connectivity index (χ0n) is 14.3.